The normalized spacial score (nSPS) is 13.9. The number of carboxylic acid groups (broad SMARTS) is 1. The second-order valence-electron chi connectivity index (χ2n) is 6.17. The first kappa shape index (κ1) is 18.8. The number of hydrogen-bond acceptors (Lipinski definition) is 5. The van der Waals surface area contributed by atoms with Crippen LogP contribution in [0, 0.1) is 0 Å². The van der Waals surface area contributed by atoms with Crippen molar-refractivity contribution in [3.8, 4) is 0 Å². The molecule has 4 N–H and O–H groups in total. The van der Waals surface area contributed by atoms with Crippen LogP contribution >= 0.6 is 0 Å². The molecule has 25 heavy (non-hydrogen) atoms. The van der Waals surface area contributed by atoms with E-state index >= 15 is 0 Å². The first-order valence-corrected chi connectivity index (χ1v) is 8.53. The Morgan fingerprint density at radius 3 is 2.72 bits per heavy atom. The molecule has 0 amide bonds. The number of para-hydroxylation sites is 2. The number of aliphatic carboxylic acids is 1. The summed E-state index contributed by atoms with van der Waals surface area (Å²) in [6, 6.07) is 7.79. The molecule has 2 heterocycles. The number of nitrogens with one attached hydrogen (secondary N) is 1. The van der Waals surface area contributed by atoms with Gasteiger partial charge in [-0.25, -0.2) is 4.98 Å². The first-order valence-electron chi connectivity index (χ1n) is 8.53. The molecule has 0 radical (unpaired) electrons. The van der Waals surface area contributed by atoms with Crippen molar-refractivity contribution in [2.75, 3.05) is 30.1 Å². The summed E-state index contributed by atoms with van der Waals surface area (Å²) in [5.74, 6) is -1.00. The van der Waals surface area contributed by atoms with E-state index in [-0.39, 0.29) is 6.42 Å². The zero-order valence-corrected chi connectivity index (χ0v) is 14.9. The summed E-state index contributed by atoms with van der Waals surface area (Å²) in [7, 11) is 2.16. The highest BCUT2D eigenvalue weighted by atomic mass is 16.4. The Bertz CT molecular complexity index is 659. The van der Waals surface area contributed by atoms with E-state index in [2.05, 4.69) is 58.0 Å². The SMILES string of the molecule is CCCCN1CN(C)c2ccccc21.NC(Cc1cnc[nH]1)C(=O)O. The van der Waals surface area contributed by atoms with Crippen molar-refractivity contribution in [2.24, 2.45) is 5.73 Å². The molecule has 1 atom stereocenters. The molecule has 2 aromatic rings. The van der Waals surface area contributed by atoms with Crippen LogP contribution in [0.4, 0.5) is 11.4 Å². The van der Waals surface area contributed by atoms with Gasteiger partial charge in [0.25, 0.3) is 0 Å². The van der Waals surface area contributed by atoms with Crippen molar-refractivity contribution in [3.63, 3.8) is 0 Å². The van der Waals surface area contributed by atoms with Crippen LogP contribution in [0.15, 0.2) is 36.8 Å². The Labute approximate surface area is 148 Å². The number of carbonyl (C=O) groups is 1. The number of carboxylic acids is 1. The van der Waals surface area contributed by atoms with E-state index in [4.69, 9.17) is 10.8 Å². The lowest BCUT2D eigenvalue weighted by Gasteiger charge is -2.18. The monoisotopic (exact) mass is 345 g/mol. The molecular formula is C18H27N5O2. The van der Waals surface area contributed by atoms with Gasteiger partial charge >= 0.3 is 5.97 Å². The second kappa shape index (κ2) is 9.08. The molecule has 1 aliphatic rings. The minimum Gasteiger partial charge on any atom is -0.480 e. The third-order valence-electron chi connectivity index (χ3n) is 4.11. The maximum atomic E-state index is 10.3. The number of nitrogens with zero attached hydrogens (tertiary/aromatic N) is 3. The third-order valence-corrected chi connectivity index (χ3v) is 4.11. The Kier molecular flexibility index (Phi) is 6.82. The molecule has 0 bridgehead atoms. The van der Waals surface area contributed by atoms with E-state index in [0.29, 0.717) is 0 Å². The van der Waals surface area contributed by atoms with Gasteiger partial charge in [-0.05, 0) is 18.6 Å². The molecule has 0 aliphatic carbocycles. The standard InChI is InChI=1S/C12H18N2.C6H9N3O2/c1-3-4-9-14-10-13(2)11-7-5-6-8-12(11)14;7-5(6(10)11)1-4-2-8-3-9-4/h5-8H,3-4,9-10H2,1-2H3;2-3,5H,1,7H2,(H,8,9)(H,10,11). The Balaban J connectivity index is 0.000000186. The lowest BCUT2D eigenvalue weighted by atomic mass is 10.2. The number of imidazole rings is 1. The molecular weight excluding hydrogens is 318 g/mol. The fourth-order valence-corrected chi connectivity index (χ4v) is 2.72. The number of aromatic nitrogens is 2. The zero-order valence-electron chi connectivity index (χ0n) is 14.9. The van der Waals surface area contributed by atoms with Crippen LogP contribution in [-0.4, -0.2) is 47.3 Å². The quantitative estimate of drug-likeness (QED) is 0.741. The molecule has 0 spiro atoms. The largest absolute Gasteiger partial charge is 0.480 e. The van der Waals surface area contributed by atoms with E-state index in [1.807, 2.05) is 0 Å². The van der Waals surface area contributed by atoms with Gasteiger partial charge in [-0.3, -0.25) is 4.79 Å². The van der Waals surface area contributed by atoms with E-state index in [9.17, 15) is 4.79 Å². The molecule has 0 saturated carbocycles. The highest BCUT2D eigenvalue weighted by molar-refractivity contribution is 5.75. The number of nitrogens with two attached hydrogens (primary N) is 1. The molecule has 1 unspecified atom stereocenters. The minimum atomic E-state index is -1.00. The lowest BCUT2D eigenvalue weighted by Crippen LogP contribution is -2.32. The maximum absolute atomic E-state index is 10.3. The fraction of sp³-hybridized carbons (Fsp3) is 0.444. The molecule has 0 saturated heterocycles. The predicted molar refractivity (Wildman–Crippen MR) is 99.9 cm³/mol. The van der Waals surface area contributed by atoms with E-state index in [1.165, 1.54) is 37.1 Å². The van der Waals surface area contributed by atoms with Gasteiger partial charge in [-0.15, -0.1) is 0 Å². The topological polar surface area (TPSA) is 98.5 Å². The Morgan fingerprint density at radius 2 is 2.12 bits per heavy atom. The average molecular weight is 345 g/mol. The number of hydrogen-bond donors (Lipinski definition) is 3. The highest BCUT2D eigenvalue weighted by Gasteiger charge is 2.21. The molecule has 136 valence electrons. The zero-order chi connectivity index (χ0) is 18.2. The van der Waals surface area contributed by atoms with Gasteiger partial charge in [0.1, 0.15) is 6.04 Å². The summed E-state index contributed by atoms with van der Waals surface area (Å²) in [6.45, 7) is 4.46. The molecule has 7 heteroatoms. The van der Waals surface area contributed by atoms with Gasteiger partial charge in [0.2, 0.25) is 0 Å². The van der Waals surface area contributed by atoms with E-state index in [1.54, 1.807) is 6.20 Å². The molecule has 1 aliphatic heterocycles. The number of aromatic amines is 1. The van der Waals surface area contributed by atoms with Crippen LogP contribution in [0.5, 0.6) is 0 Å². The average Bonchev–Trinajstić information content (AvgIpc) is 3.22. The van der Waals surface area contributed by atoms with E-state index < -0.39 is 12.0 Å². The van der Waals surface area contributed by atoms with Crippen LogP contribution in [0.3, 0.4) is 0 Å². The van der Waals surface area contributed by atoms with E-state index in [0.717, 1.165) is 12.4 Å². The van der Waals surface area contributed by atoms with Gasteiger partial charge in [0.05, 0.1) is 24.4 Å². The summed E-state index contributed by atoms with van der Waals surface area (Å²) in [6.07, 6.45) is 5.88. The van der Waals surface area contributed by atoms with Gasteiger partial charge < -0.3 is 25.6 Å². The lowest BCUT2D eigenvalue weighted by molar-refractivity contribution is -0.138. The Hall–Kier alpha value is -2.54. The van der Waals surface area contributed by atoms with Crippen LogP contribution in [0.25, 0.3) is 0 Å². The third kappa shape index (κ3) is 5.22. The van der Waals surface area contributed by atoms with Gasteiger partial charge in [-0.1, -0.05) is 25.5 Å². The number of anilines is 2. The summed E-state index contributed by atoms with van der Waals surface area (Å²) < 4.78 is 0. The van der Waals surface area contributed by atoms with Crippen molar-refractivity contribution in [2.45, 2.75) is 32.2 Å². The first-order chi connectivity index (χ1) is 12.0. The number of fused-ring (bicyclic) bond motifs is 1. The number of unbranched alkanes of at least 4 members (excludes halogenated alkanes) is 1. The maximum Gasteiger partial charge on any atom is 0.320 e. The van der Waals surface area contributed by atoms with Gasteiger partial charge in [0, 0.05) is 31.9 Å². The number of benzene rings is 1. The van der Waals surface area contributed by atoms with Crippen molar-refractivity contribution < 1.29 is 9.90 Å². The summed E-state index contributed by atoms with van der Waals surface area (Å²) >= 11 is 0. The second-order valence-corrected chi connectivity index (χ2v) is 6.17. The van der Waals surface area contributed by atoms with Crippen LogP contribution in [-0.2, 0) is 11.2 Å². The Morgan fingerprint density at radius 1 is 1.40 bits per heavy atom. The van der Waals surface area contributed by atoms with Crippen molar-refractivity contribution in [1.82, 2.24) is 9.97 Å². The number of H-pyrrole nitrogens is 1. The molecule has 1 aromatic carbocycles. The minimum absolute atomic E-state index is 0.287. The fourth-order valence-electron chi connectivity index (χ4n) is 2.72. The van der Waals surface area contributed by atoms with Gasteiger partial charge in [0.15, 0.2) is 0 Å². The highest BCUT2D eigenvalue weighted by Crippen LogP contribution is 2.34. The van der Waals surface area contributed by atoms with Crippen molar-refractivity contribution in [3.05, 3.63) is 42.5 Å². The summed E-state index contributed by atoms with van der Waals surface area (Å²) in [4.78, 5) is 21.5. The molecule has 3 rings (SSSR count). The number of rotatable bonds is 6. The van der Waals surface area contributed by atoms with Crippen molar-refractivity contribution >= 4 is 17.3 Å². The smallest absolute Gasteiger partial charge is 0.320 e. The summed E-state index contributed by atoms with van der Waals surface area (Å²) in [5.41, 5.74) is 8.75. The van der Waals surface area contributed by atoms with Crippen LogP contribution in [0.1, 0.15) is 25.5 Å². The molecule has 7 nitrogen and oxygen atoms in total. The van der Waals surface area contributed by atoms with Crippen molar-refractivity contribution in [1.29, 1.82) is 0 Å². The van der Waals surface area contributed by atoms with Gasteiger partial charge in [-0.2, -0.15) is 0 Å². The molecule has 0 fully saturated rings. The van der Waals surface area contributed by atoms with Crippen LogP contribution in [0.2, 0.25) is 0 Å². The summed E-state index contributed by atoms with van der Waals surface area (Å²) in [5, 5.41) is 8.42. The predicted octanol–water partition coefficient (Wildman–Crippen LogP) is 2.06. The van der Waals surface area contributed by atoms with Crippen LogP contribution < -0.4 is 15.5 Å². The molecule has 1 aromatic heterocycles.